The van der Waals surface area contributed by atoms with Crippen molar-refractivity contribution < 1.29 is 16.5 Å². The van der Waals surface area contributed by atoms with Crippen LogP contribution in [0.2, 0.25) is 0 Å². The van der Waals surface area contributed by atoms with Gasteiger partial charge in [-0.2, -0.15) is 0 Å². The van der Waals surface area contributed by atoms with Gasteiger partial charge >= 0.3 is 0 Å². The van der Waals surface area contributed by atoms with Crippen LogP contribution in [0, 0.1) is 0 Å². The van der Waals surface area contributed by atoms with Gasteiger partial charge in [0, 0.05) is 32.3 Å². The molecule has 0 spiro atoms. The summed E-state index contributed by atoms with van der Waals surface area (Å²) in [5.74, 6) is 0. The Morgan fingerprint density at radius 1 is 0.333 bits per heavy atom. The maximum atomic E-state index is 2.44. The summed E-state index contributed by atoms with van der Waals surface area (Å²) in [5, 5.41) is 3.48. The van der Waals surface area contributed by atoms with E-state index >= 15 is 0 Å². The van der Waals surface area contributed by atoms with Gasteiger partial charge in [-0.3, -0.25) is 0 Å². The third-order valence-corrected chi connectivity index (χ3v) is 18.2. The van der Waals surface area contributed by atoms with Gasteiger partial charge in [-0.25, -0.2) is 0 Å². The maximum absolute atomic E-state index is 2.44. The summed E-state index contributed by atoms with van der Waals surface area (Å²) in [5.41, 5.74) is 4.29. The molecule has 0 amide bonds. The van der Waals surface area contributed by atoms with Gasteiger partial charge in [0.05, 0.1) is 33.2 Å². The van der Waals surface area contributed by atoms with E-state index in [0.717, 1.165) is 22.6 Å². The zero-order chi connectivity index (χ0) is 25.8. The van der Waals surface area contributed by atoms with Crippen molar-refractivity contribution in [1.82, 2.24) is 0 Å². The van der Waals surface area contributed by atoms with Gasteiger partial charge in [-0.15, -0.1) is 0 Å². The molecule has 0 unspecified atom stereocenters. The first-order valence-corrected chi connectivity index (χ1v) is 20.1. The first-order valence-electron chi connectivity index (χ1n) is 16.7. The standard InChI is InChI=1S/2C18H27P.Ni/c2*1-4-10-16(11-5-1)19(17-12-6-2-7-13-17)18-14-8-3-9-15-18;/h2*1,4-5,10-11,17-18H,2-3,6-9,12-15H2;/p+2. The van der Waals surface area contributed by atoms with Crippen molar-refractivity contribution in [2.75, 3.05) is 0 Å². The fourth-order valence-electron chi connectivity index (χ4n) is 8.53. The van der Waals surface area contributed by atoms with E-state index in [-0.39, 0.29) is 32.3 Å². The van der Waals surface area contributed by atoms with Crippen LogP contribution in [0.15, 0.2) is 60.7 Å². The molecule has 2 aromatic carbocycles. The van der Waals surface area contributed by atoms with E-state index in [2.05, 4.69) is 60.7 Å². The fraction of sp³-hybridized carbons (Fsp3) is 0.667. The number of rotatable bonds is 6. The average Bonchev–Trinajstić information content (AvgIpc) is 3.01. The van der Waals surface area contributed by atoms with Crippen LogP contribution in [0.3, 0.4) is 0 Å². The van der Waals surface area contributed by atoms with Gasteiger partial charge in [0.2, 0.25) is 0 Å². The van der Waals surface area contributed by atoms with E-state index in [1.807, 2.05) is 0 Å². The van der Waals surface area contributed by atoms with Gasteiger partial charge in [-0.05, 0) is 127 Å². The Morgan fingerprint density at radius 3 is 0.795 bits per heavy atom. The second-order valence-electron chi connectivity index (χ2n) is 13.0. The molecule has 4 aliphatic rings. The minimum Gasteiger partial charge on any atom is -0.0620 e. The van der Waals surface area contributed by atoms with Crippen LogP contribution in [-0.2, 0) is 16.5 Å². The summed E-state index contributed by atoms with van der Waals surface area (Å²) in [6.45, 7) is 0. The number of benzene rings is 2. The molecular formula is C36H56NiP2+2. The zero-order valence-corrected chi connectivity index (χ0v) is 27.5. The molecule has 0 radical (unpaired) electrons. The molecule has 0 heterocycles. The summed E-state index contributed by atoms with van der Waals surface area (Å²) in [7, 11) is -0.647. The molecule has 0 N–H and O–H groups in total. The largest absolute Gasteiger partial charge is 0.0920 e. The van der Waals surface area contributed by atoms with Gasteiger partial charge in [-0.1, -0.05) is 62.1 Å². The molecule has 4 fully saturated rings. The zero-order valence-electron chi connectivity index (χ0n) is 24.5. The predicted molar refractivity (Wildman–Crippen MR) is 176 cm³/mol. The molecule has 0 nitrogen and oxygen atoms in total. The predicted octanol–water partition coefficient (Wildman–Crippen LogP) is 10.4. The van der Waals surface area contributed by atoms with E-state index in [1.165, 1.54) is 128 Å². The Morgan fingerprint density at radius 2 is 0.564 bits per heavy atom. The summed E-state index contributed by atoms with van der Waals surface area (Å²) >= 11 is 0. The molecule has 218 valence electrons. The Balaban J connectivity index is 0.000000176. The minimum atomic E-state index is -0.323. The summed E-state index contributed by atoms with van der Waals surface area (Å²) in [6, 6.07) is 23.2. The van der Waals surface area contributed by atoms with Crippen molar-refractivity contribution in [2.24, 2.45) is 0 Å². The smallest absolute Gasteiger partial charge is 0.0620 e. The van der Waals surface area contributed by atoms with Crippen LogP contribution in [0.25, 0.3) is 0 Å². The number of hydrogen-bond donors (Lipinski definition) is 0. The van der Waals surface area contributed by atoms with Crippen molar-refractivity contribution in [3.63, 3.8) is 0 Å². The molecular weight excluding hydrogens is 553 g/mol. The van der Waals surface area contributed by atoms with Crippen LogP contribution in [0.1, 0.15) is 128 Å². The summed E-state index contributed by atoms with van der Waals surface area (Å²) in [4.78, 5) is 0. The molecule has 39 heavy (non-hydrogen) atoms. The van der Waals surface area contributed by atoms with E-state index in [0.29, 0.717) is 0 Å². The quantitative estimate of drug-likeness (QED) is 0.226. The van der Waals surface area contributed by atoms with Crippen LogP contribution in [0.4, 0.5) is 0 Å². The maximum Gasteiger partial charge on any atom is 0.0920 e. The van der Waals surface area contributed by atoms with Crippen molar-refractivity contribution >= 4 is 26.5 Å². The molecule has 0 saturated heterocycles. The van der Waals surface area contributed by atoms with E-state index in [1.54, 1.807) is 10.6 Å². The molecule has 3 heteroatoms. The fourth-order valence-corrected chi connectivity index (χ4v) is 17.0. The Hall–Kier alpha value is -0.206. The van der Waals surface area contributed by atoms with Crippen molar-refractivity contribution in [2.45, 2.75) is 151 Å². The first kappa shape index (κ1) is 31.7. The van der Waals surface area contributed by atoms with Crippen molar-refractivity contribution in [3.8, 4) is 0 Å². The minimum absolute atomic E-state index is 0. The van der Waals surface area contributed by atoms with Gasteiger partial charge in [0.15, 0.2) is 0 Å². The van der Waals surface area contributed by atoms with E-state index in [4.69, 9.17) is 0 Å². The van der Waals surface area contributed by atoms with Gasteiger partial charge < -0.3 is 0 Å². The normalized spacial score (nSPS) is 22.2. The molecule has 0 aromatic heterocycles. The molecule has 0 bridgehead atoms. The van der Waals surface area contributed by atoms with Crippen LogP contribution < -0.4 is 10.6 Å². The van der Waals surface area contributed by atoms with E-state index < -0.39 is 0 Å². The third kappa shape index (κ3) is 9.39. The van der Waals surface area contributed by atoms with Crippen LogP contribution in [-0.4, -0.2) is 22.6 Å². The summed E-state index contributed by atoms with van der Waals surface area (Å²) in [6.07, 6.45) is 30.2. The molecule has 4 saturated carbocycles. The van der Waals surface area contributed by atoms with Gasteiger partial charge in [0.1, 0.15) is 0 Å². The topological polar surface area (TPSA) is 0 Å². The van der Waals surface area contributed by atoms with Crippen LogP contribution in [0.5, 0.6) is 0 Å². The monoisotopic (exact) mass is 608 g/mol. The molecule has 6 rings (SSSR count). The molecule has 2 aromatic rings. The molecule has 0 atom stereocenters. The molecule has 4 aliphatic carbocycles. The van der Waals surface area contributed by atoms with Crippen molar-refractivity contribution in [1.29, 1.82) is 0 Å². The average molecular weight is 609 g/mol. The van der Waals surface area contributed by atoms with Crippen LogP contribution >= 0.6 is 15.8 Å². The Bertz CT molecular complexity index is 767. The van der Waals surface area contributed by atoms with Gasteiger partial charge in [0.25, 0.3) is 0 Å². The third-order valence-electron chi connectivity index (χ3n) is 10.4. The van der Waals surface area contributed by atoms with Crippen molar-refractivity contribution in [3.05, 3.63) is 60.7 Å². The molecule has 0 aliphatic heterocycles. The first-order chi connectivity index (χ1) is 18.9. The second kappa shape index (κ2) is 17.7. The second-order valence-corrected chi connectivity index (χ2v) is 19.2. The Kier molecular flexibility index (Phi) is 14.4. The Labute approximate surface area is 253 Å². The van der Waals surface area contributed by atoms with E-state index in [9.17, 15) is 0 Å². The SMILES string of the molecule is [Ni].c1ccc([PH+](C2CCCCC2)C2CCCCC2)cc1.c1ccc([PH+](C2CCCCC2)C2CCCCC2)cc1. The number of hydrogen-bond acceptors (Lipinski definition) is 0. The summed E-state index contributed by atoms with van der Waals surface area (Å²) < 4.78 is 0.